The lowest BCUT2D eigenvalue weighted by Crippen LogP contribution is -2.27. The van der Waals surface area contributed by atoms with E-state index in [9.17, 15) is 4.79 Å². The number of amides is 1. The Kier molecular flexibility index (Phi) is 7.62. The summed E-state index contributed by atoms with van der Waals surface area (Å²) in [6, 6.07) is 9.38. The molecule has 0 bridgehead atoms. The first-order valence-electron chi connectivity index (χ1n) is 6.53. The number of aliphatic hydroxyl groups is 1. The summed E-state index contributed by atoms with van der Waals surface area (Å²) in [7, 11) is 0. The van der Waals surface area contributed by atoms with E-state index in [0.29, 0.717) is 6.54 Å². The van der Waals surface area contributed by atoms with Crippen LogP contribution < -0.4 is 11.1 Å². The van der Waals surface area contributed by atoms with Crippen LogP contribution in [0.4, 0.5) is 4.79 Å². The third-order valence-corrected chi connectivity index (χ3v) is 2.72. The number of benzene rings is 1. The highest BCUT2D eigenvalue weighted by Gasteiger charge is 2.03. The van der Waals surface area contributed by atoms with Crippen molar-refractivity contribution in [2.45, 2.75) is 31.9 Å². The normalized spacial score (nSPS) is 11.9. The van der Waals surface area contributed by atoms with Crippen molar-refractivity contribution >= 4 is 6.09 Å². The van der Waals surface area contributed by atoms with E-state index >= 15 is 0 Å². The fraction of sp³-hybridized carbons (Fsp3) is 0.500. The summed E-state index contributed by atoms with van der Waals surface area (Å²) < 4.78 is 5.06. The molecule has 1 aromatic rings. The second kappa shape index (κ2) is 9.35. The number of carbonyl (C=O) groups excluding carboxylic acids is 1. The van der Waals surface area contributed by atoms with Gasteiger partial charge < -0.3 is 20.9 Å². The lowest BCUT2D eigenvalue weighted by Gasteiger charge is -2.09. The molecule has 5 nitrogen and oxygen atoms in total. The molecule has 0 aliphatic carbocycles. The van der Waals surface area contributed by atoms with Gasteiger partial charge in [0, 0.05) is 12.6 Å². The molecule has 4 N–H and O–H groups in total. The van der Waals surface area contributed by atoms with Crippen molar-refractivity contribution in [3.8, 4) is 0 Å². The molecule has 19 heavy (non-hydrogen) atoms. The highest BCUT2D eigenvalue weighted by Crippen LogP contribution is 2.01. The van der Waals surface area contributed by atoms with Gasteiger partial charge in [0.1, 0.15) is 6.61 Å². The molecule has 0 heterocycles. The summed E-state index contributed by atoms with van der Waals surface area (Å²) >= 11 is 0. The molecule has 1 atom stereocenters. The van der Waals surface area contributed by atoms with Crippen LogP contribution in [0, 0.1) is 0 Å². The van der Waals surface area contributed by atoms with Crippen molar-refractivity contribution in [3.63, 3.8) is 0 Å². The SMILES string of the molecule is N[C@@H](CO)CCCCNC(=O)OCc1ccccc1. The minimum Gasteiger partial charge on any atom is -0.445 e. The molecule has 0 aromatic heterocycles. The van der Waals surface area contributed by atoms with E-state index in [1.54, 1.807) is 0 Å². The van der Waals surface area contributed by atoms with Crippen LogP contribution in [0.5, 0.6) is 0 Å². The standard InChI is InChI=1S/C14H22N2O3/c15-13(10-17)8-4-5-9-16-14(18)19-11-12-6-2-1-3-7-12/h1-3,6-7,13,17H,4-5,8-11,15H2,(H,16,18)/t13-/m1/s1. The van der Waals surface area contributed by atoms with Crippen molar-refractivity contribution in [1.82, 2.24) is 5.32 Å². The molecule has 0 unspecified atom stereocenters. The van der Waals surface area contributed by atoms with Crippen LogP contribution in [0.1, 0.15) is 24.8 Å². The first-order valence-corrected chi connectivity index (χ1v) is 6.53. The lowest BCUT2D eigenvalue weighted by molar-refractivity contribution is 0.139. The Hall–Kier alpha value is -1.59. The number of nitrogens with two attached hydrogens (primary N) is 1. The number of ether oxygens (including phenoxy) is 1. The van der Waals surface area contributed by atoms with Gasteiger partial charge in [-0.3, -0.25) is 0 Å². The largest absolute Gasteiger partial charge is 0.445 e. The van der Waals surface area contributed by atoms with Crippen LogP contribution in [0.3, 0.4) is 0 Å². The molecule has 0 saturated heterocycles. The summed E-state index contributed by atoms with van der Waals surface area (Å²) in [5.41, 5.74) is 6.53. The van der Waals surface area contributed by atoms with E-state index < -0.39 is 6.09 Å². The molecule has 5 heteroatoms. The van der Waals surface area contributed by atoms with E-state index in [2.05, 4.69) is 5.32 Å². The van der Waals surface area contributed by atoms with Crippen LogP contribution in [-0.2, 0) is 11.3 Å². The summed E-state index contributed by atoms with van der Waals surface area (Å²) in [4.78, 5) is 11.4. The molecule has 0 fully saturated rings. The zero-order chi connectivity index (χ0) is 13.9. The van der Waals surface area contributed by atoms with Crippen LogP contribution in [0.2, 0.25) is 0 Å². The first-order chi connectivity index (χ1) is 9.22. The number of rotatable bonds is 8. The van der Waals surface area contributed by atoms with Crippen LogP contribution in [0.25, 0.3) is 0 Å². The number of hydrogen-bond acceptors (Lipinski definition) is 4. The number of unbranched alkanes of at least 4 members (excludes halogenated alkanes) is 1. The van der Waals surface area contributed by atoms with Gasteiger partial charge in [0.2, 0.25) is 0 Å². The van der Waals surface area contributed by atoms with E-state index in [1.807, 2.05) is 30.3 Å². The number of alkyl carbamates (subject to hydrolysis) is 1. The van der Waals surface area contributed by atoms with Gasteiger partial charge in [-0.1, -0.05) is 36.8 Å². The van der Waals surface area contributed by atoms with Gasteiger partial charge in [-0.15, -0.1) is 0 Å². The molecule has 0 spiro atoms. The predicted molar refractivity (Wildman–Crippen MR) is 73.5 cm³/mol. The van der Waals surface area contributed by atoms with Crippen molar-refractivity contribution in [3.05, 3.63) is 35.9 Å². The molecule has 0 aliphatic rings. The number of hydrogen-bond donors (Lipinski definition) is 3. The summed E-state index contributed by atoms with van der Waals surface area (Å²) in [5, 5.41) is 11.4. The average molecular weight is 266 g/mol. The van der Waals surface area contributed by atoms with Crippen molar-refractivity contribution in [2.75, 3.05) is 13.2 Å². The molecule has 0 radical (unpaired) electrons. The molecule has 1 amide bonds. The minimum absolute atomic E-state index is 0.00649. The maximum atomic E-state index is 11.4. The third kappa shape index (κ3) is 7.43. The Bertz CT molecular complexity index is 357. The average Bonchev–Trinajstić information content (AvgIpc) is 2.45. The van der Waals surface area contributed by atoms with Crippen LogP contribution >= 0.6 is 0 Å². The van der Waals surface area contributed by atoms with E-state index in [1.165, 1.54) is 0 Å². The van der Waals surface area contributed by atoms with Crippen molar-refractivity contribution in [1.29, 1.82) is 0 Å². The Morgan fingerprint density at radius 3 is 2.74 bits per heavy atom. The zero-order valence-electron chi connectivity index (χ0n) is 11.0. The van der Waals surface area contributed by atoms with Crippen molar-refractivity contribution in [2.24, 2.45) is 5.73 Å². The maximum Gasteiger partial charge on any atom is 0.407 e. The van der Waals surface area contributed by atoms with Gasteiger partial charge in [0.05, 0.1) is 6.61 Å². The smallest absolute Gasteiger partial charge is 0.407 e. The lowest BCUT2D eigenvalue weighted by atomic mass is 10.1. The molecule has 106 valence electrons. The molecular weight excluding hydrogens is 244 g/mol. The van der Waals surface area contributed by atoms with Crippen LogP contribution in [0.15, 0.2) is 30.3 Å². The quantitative estimate of drug-likeness (QED) is 0.621. The molecule has 1 rings (SSSR count). The fourth-order valence-corrected chi connectivity index (χ4v) is 1.59. The Labute approximate surface area is 113 Å². The molecular formula is C14H22N2O3. The predicted octanol–water partition coefficient (Wildman–Crippen LogP) is 1.40. The Morgan fingerprint density at radius 2 is 2.05 bits per heavy atom. The van der Waals surface area contributed by atoms with Crippen LogP contribution in [-0.4, -0.2) is 30.4 Å². The van der Waals surface area contributed by atoms with Gasteiger partial charge in [0.25, 0.3) is 0 Å². The number of carbonyl (C=O) groups is 1. The fourth-order valence-electron chi connectivity index (χ4n) is 1.59. The highest BCUT2D eigenvalue weighted by molar-refractivity contribution is 5.67. The van der Waals surface area contributed by atoms with Gasteiger partial charge in [0.15, 0.2) is 0 Å². The maximum absolute atomic E-state index is 11.4. The second-order valence-electron chi connectivity index (χ2n) is 4.43. The highest BCUT2D eigenvalue weighted by atomic mass is 16.5. The minimum atomic E-state index is -0.407. The topological polar surface area (TPSA) is 84.6 Å². The first kappa shape index (κ1) is 15.5. The van der Waals surface area contributed by atoms with E-state index in [4.69, 9.17) is 15.6 Å². The third-order valence-electron chi connectivity index (χ3n) is 2.72. The van der Waals surface area contributed by atoms with Gasteiger partial charge in [-0.25, -0.2) is 4.79 Å². The molecule has 0 saturated carbocycles. The zero-order valence-corrected chi connectivity index (χ0v) is 11.0. The van der Waals surface area contributed by atoms with Gasteiger partial charge >= 0.3 is 6.09 Å². The second-order valence-corrected chi connectivity index (χ2v) is 4.43. The van der Waals surface area contributed by atoms with E-state index in [-0.39, 0.29) is 19.3 Å². The molecule has 1 aromatic carbocycles. The number of aliphatic hydroxyl groups excluding tert-OH is 1. The van der Waals surface area contributed by atoms with E-state index in [0.717, 1.165) is 24.8 Å². The van der Waals surface area contributed by atoms with Gasteiger partial charge in [-0.2, -0.15) is 0 Å². The molecule has 0 aliphatic heterocycles. The Balaban J connectivity index is 2.02. The summed E-state index contributed by atoms with van der Waals surface area (Å²) in [5.74, 6) is 0. The van der Waals surface area contributed by atoms with Crippen molar-refractivity contribution < 1.29 is 14.6 Å². The van der Waals surface area contributed by atoms with Gasteiger partial charge in [-0.05, 0) is 18.4 Å². The summed E-state index contributed by atoms with van der Waals surface area (Å²) in [6.45, 7) is 0.848. The summed E-state index contributed by atoms with van der Waals surface area (Å²) in [6.07, 6.45) is 2.06. The number of nitrogens with one attached hydrogen (secondary N) is 1. The monoisotopic (exact) mass is 266 g/mol. The Morgan fingerprint density at radius 1 is 1.32 bits per heavy atom.